The number of carbonyl (C=O) groups is 1. The van der Waals surface area contributed by atoms with Crippen molar-refractivity contribution in [3.8, 4) is 11.1 Å². The fraction of sp³-hybridized carbons (Fsp3) is 0.0690. The second kappa shape index (κ2) is 10.6. The smallest absolute Gasteiger partial charge is 0.341 e. The number of amides is 1. The van der Waals surface area contributed by atoms with Gasteiger partial charge >= 0.3 is 6.18 Å². The van der Waals surface area contributed by atoms with E-state index in [4.69, 9.17) is 0 Å². The Morgan fingerprint density at radius 1 is 0.927 bits per heavy atom. The summed E-state index contributed by atoms with van der Waals surface area (Å²) in [5.41, 5.74) is 2.03. The molecule has 0 saturated heterocycles. The summed E-state index contributed by atoms with van der Waals surface area (Å²) in [6.07, 6.45) is -1.07. The zero-order chi connectivity index (χ0) is 29.4. The summed E-state index contributed by atoms with van der Waals surface area (Å²) in [5.74, 6) is -0.994. The summed E-state index contributed by atoms with van der Waals surface area (Å²) < 4.78 is 67.7. The Hall–Kier alpha value is -4.81. The number of pyridine rings is 2. The number of hydrogen-bond donors (Lipinski definition) is 2. The van der Waals surface area contributed by atoms with Crippen molar-refractivity contribution in [2.24, 2.45) is 0 Å². The van der Waals surface area contributed by atoms with Crippen molar-refractivity contribution < 1.29 is 31.6 Å². The summed E-state index contributed by atoms with van der Waals surface area (Å²) in [5, 5.41) is 9.43. The van der Waals surface area contributed by atoms with E-state index in [-0.39, 0.29) is 37.6 Å². The summed E-state index contributed by atoms with van der Waals surface area (Å²) in [7, 11) is -2.70. The number of nitrogens with one attached hydrogen (secondary N) is 1. The van der Waals surface area contributed by atoms with Crippen molar-refractivity contribution in [2.45, 2.75) is 16.0 Å². The van der Waals surface area contributed by atoms with E-state index in [9.17, 15) is 31.6 Å². The highest BCUT2D eigenvalue weighted by Gasteiger charge is 2.32. The molecule has 1 amide bonds. The Balaban J connectivity index is 1.64. The van der Waals surface area contributed by atoms with E-state index >= 15 is 0 Å². The molecule has 0 fully saturated rings. The van der Waals surface area contributed by atoms with Gasteiger partial charge in [-0.1, -0.05) is 48.5 Å². The van der Waals surface area contributed by atoms with Crippen LogP contribution in [0.2, 0.25) is 0 Å². The standard InChI is InChI=1S/C29H21F3N4O4S/c1-36(27-22-12-9-20(29(30,31)32)15-24(22)34-16-23(27)28(37)35-38)25-17-33-14-13-26(25)41(39,40)21-10-7-19(8-11-21)18-5-3-2-4-6-18/h2-17,38H,1H3,(H,35,37). The van der Waals surface area contributed by atoms with Crippen LogP contribution >= 0.6 is 0 Å². The minimum absolute atomic E-state index is 0.000705. The molecule has 0 unspecified atom stereocenters. The van der Waals surface area contributed by atoms with Gasteiger partial charge in [0.15, 0.2) is 0 Å². The molecule has 8 nitrogen and oxygen atoms in total. The van der Waals surface area contributed by atoms with Gasteiger partial charge in [0.05, 0.1) is 44.0 Å². The number of alkyl halides is 3. The van der Waals surface area contributed by atoms with Crippen molar-refractivity contribution in [3.05, 3.63) is 109 Å². The normalized spacial score (nSPS) is 11.8. The van der Waals surface area contributed by atoms with Gasteiger partial charge in [-0.05, 0) is 41.5 Å². The third-order valence-corrected chi connectivity index (χ3v) is 8.35. The Morgan fingerprint density at radius 2 is 1.61 bits per heavy atom. The number of rotatable bonds is 6. The first-order valence-corrected chi connectivity index (χ1v) is 13.5. The number of nitrogens with zero attached hydrogens (tertiary/aromatic N) is 3. The van der Waals surface area contributed by atoms with Crippen molar-refractivity contribution in [2.75, 3.05) is 11.9 Å². The summed E-state index contributed by atoms with van der Waals surface area (Å²) in [6, 6.07) is 19.8. The van der Waals surface area contributed by atoms with Gasteiger partial charge in [0.2, 0.25) is 9.84 Å². The quantitative estimate of drug-likeness (QED) is 0.187. The van der Waals surface area contributed by atoms with Crippen LogP contribution in [-0.4, -0.2) is 36.5 Å². The minimum atomic E-state index is -4.64. The molecule has 0 saturated carbocycles. The molecular formula is C29H21F3N4O4S. The first kappa shape index (κ1) is 27.7. The number of hydrogen-bond acceptors (Lipinski definition) is 7. The molecule has 41 heavy (non-hydrogen) atoms. The fourth-order valence-electron chi connectivity index (χ4n) is 4.50. The van der Waals surface area contributed by atoms with E-state index in [1.807, 2.05) is 30.3 Å². The minimum Gasteiger partial charge on any atom is -0.341 e. The molecule has 5 rings (SSSR count). The average Bonchev–Trinajstić information content (AvgIpc) is 2.99. The Morgan fingerprint density at radius 3 is 2.27 bits per heavy atom. The summed E-state index contributed by atoms with van der Waals surface area (Å²) in [6.45, 7) is 0. The Bertz CT molecular complexity index is 1860. The third kappa shape index (κ3) is 5.22. The van der Waals surface area contributed by atoms with Gasteiger partial charge < -0.3 is 4.90 Å². The Labute approximate surface area is 232 Å². The SMILES string of the molecule is CN(c1cnccc1S(=O)(=O)c1ccc(-c2ccccc2)cc1)c1c(C(=O)NO)cnc2cc(C(F)(F)F)ccc12. The van der Waals surface area contributed by atoms with Crippen LogP contribution in [0.1, 0.15) is 15.9 Å². The van der Waals surface area contributed by atoms with Gasteiger partial charge in [0.1, 0.15) is 0 Å². The zero-order valence-electron chi connectivity index (χ0n) is 21.3. The number of aromatic nitrogens is 2. The van der Waals surface area contributed by atoms with Crippen LogP contribution in [0.25, 0.3) is 22.0 Å². The first-order chi connectivity index (χ1) is 19.5. The van der Waals surface area contributed by atoms with Crippen LogP contribution in [0.15, 0.2) is 107 Å². The highest BCUT2D eigenvalue weighted by molar-refractivity contribution is 7.91. The van der Waals surface area contributed by atoms with Crippen molar-refractivity contribution in [3.63, 3.8) is 0 Å². The molecule has 2 N–H and O–H groups in total. The van der Waals surface area contributed by atoms with Crippen molar-refractivity contribution >= 4 is 38.0 Å². The van der Waals surface area contributed by atoms with Crippen LogP contribution in [0, 0.1) is 0 Å². The van der Waals surface area contributed by atoms with Gasteiger partial charge in [-0.25, -0.2) is 13.9 Å². The molecule has 12 heteroatoms. The van der Waals surface area contributed by atoms with E-state index in [2.05, 4.69) is 9.97 Å². The topological polar surface area (TPSA) is 112 Å². The van der Waals surface area contributed by atoms with Crippen molar-refractivity contribution in [1.29, 1.82) is 0 Å². The first-order valence-electron chi connectivity index (χ1n) is 12.0. The average molecular weight is 579 g/mol. The highest BCUT2D eigenvalue weighted by Crippen LogP contribution is 2.40. The fourth-order valence-corrected chi connectivity index (χ4v) is 5.95. The maximum atomic E-state index is 13.8. The lowest BCUT2D eigenvalue weighted by atomic mass is 10.0. The highest BCUT2D eigenvalue weighted by atomic mass is 32.2. The maximum absolute atomic E-state index is 13.8. The van der Waals surface area contributed by atoms with Crippen LogP contribution in [0.4, 0.5) is 24.5 Å². The predicted octanol–water partition coefficient (Wildman–Crippen LogP) is 6.04. The molecule has 0 radical (unpaired) electrons. The molecule has 2 aromatic heterocycles. The second-order valence-electron chi connectivity index (χ2n) is 8.99. The number of halogens is 3. The number of hydroxylamine groups is 1. The van der Waals surface area contributed by atoms with Crippen LogP contribution in [0.5, 0.6) is 0 Å². The largest absolute Gasteiger partial charge is 0.416 e. The molecule has 3 aromatic carbocycles. The van der Waals surface area contributed by atoms with Gasteiger partial charge in [0, 0.05) is 24.8 Å². The van der Waals surface area contributed by atoms with Gasteiger partial charge in [-0.3, -0.25) is 20.0 Å². The molecule has 208 valence electrons. The molecular weight excluding hydrogens is 557 g/mol. The second-order valence-corrected chi connectivity index (χ2v) is 10.9. The van der Waals surface area contributed by atoms with E-state index in [1.54, 1.807) is 12.1 Å². The summed E-state index contributed by atoms with van der Waals surface area (Å²) in [4.78, 5) is 21.7. The number of sulfone groups is 1. The predicted molar refractivity (Wildman–Crippen MR) is 146 cm³/mol. The molecule has 0 aliphatic carbocycles. The number of carbonyl (C=O) groups excluding carboxylic acids is 1. The van der Waals surface area contributed by atoms with Gasteiger partial charge in [-0.2, -0.15) is 13.2 Å². The molecule has 0 aliphatic rings. The van der Waals surface area contributed by atoms with Gasteiger partial charge in [0.25, 0.3) is 5.91 Å². The number of fused-ring (bicyclic) bond motifs is 1. The lowest BCUT2D eigenvalue weighted by Gasteiger charge is -2.25. The van der Waals surface area contributed by atoms with Gasteiger partial charge in [-0.15, -0.1) is 0 Å². The number of anilines is 2. The molecule has 2 heterocycles. The molecule has 0 atom stereocenters. The van der Waals surface area contributed by atoms with Crippen LogP contribution < -0.4 is 10.4 Å². The maximum Gasteiger partial charge on any atom is 0.416 e. The Kier molecular flexibility index (Phi) is 7.20. The lowest BCUT2D eigenvalue weighted by molar-refractivity contribution is -0.137. The molecule has 0 bridgehead atoms. The van der Waals surface area contributed by atoms with Crippen LogP contribution in [-0.2, 0) is 16.0 Å². The molecule has 0 spiro atoms. The monoisotopic (exact) mass is 578 g/mol. The number of benzene rings is 3. The molecule has 5 aromatic rings. The van der Waals surface area contributed by atoms with E-state index in [1.165, 1.54) is 48.0 Å². The third-order valence-electron chi connectivity index (χ3n) is 6.53. The summed E-state index contributed by atoms with van der Waals surface area (Å²) >= 11 is 0. The lowest BCUT2D eigenvalue weighted by Crippen LogP contribution is -2.24. The van der Waals surface area contributed by atoms with E-state index in [0.29, 0.717) is 0 Å². The van der Waals surface area contributed by atoms with Crippen molar-refractivity contribution in [1.82, 2.24) is 15.4 Å². The molecule has 0 aliphatic heterocycles. The van der Waals surface area contributed by atoms with E-state index < -0.39 is 27.5 Å². The van der Waals surface area contributed by atoms with Crippen LogP contribution in [0.3, 0.4) is 0 Å². The zero-order valence-corrected chi connectivity index (χ0v) is 22.1. The van der Waals surface area contributed by atoms with E-state index in [0.717, 1.165) is 35.5 Å².